The first-order chi connectivity index (χ1) is 9.18. The minimum atomic E-state index is 0.806. The molecule has 0 aromatic heterocycles. The fraction of sp³-hybridized carbons (Fsp3) is 1.00. The Morgan fingerprint density at radius 1 is 0.684 bits per heavy atom. The van der Waals surface area contributed by atoms with Crippen LogP contribution in [0.1, 0.15) is 91.9 Å². The van der Waals surface area contributed by atoms with Crippen molar-refractivity contribution in [1.82, 2.24) is 5.32 Å². The van der Waals surface area contributed by atoms with Gasteiger partial charge in [0.2, 0.25) is 0 Å². The monoisotopic (exact) mass is 269 g/mol. The Labute approximate surface area is 122 Å². The summed E-state index contributed by atoms with van der Waals surface area (Å²) >= 11 is 0. The highest BCUT2D eigenvalue weighted by Crippen LogP contribution is 2.10. The summed E-state index contributed by atoms with van der Waals surface area (Å²) in [5.74, 6) is 1.61. The van der Waals surface area contributed by atoms with Crippen LogP contribution in [0.4, 0.5) is 0 Å². The molecule has 116 valence electrons. The van der Waals surface area contributed by atoms with Crippen LogP contribution >= 0.6 is 0 Å². The van der Waals surface area contributed by atoms with Crippen molar-refractivity contribution in [3.63, 3.8) is 0 Å². The Hall–Kier alpha value is -0.0400. The van der Waals surface area contributed by atoms with E-state index in [0.29, 0.717) is 0 Å². The van der Waals surface area contributed by atoms with Crippen molar-refractivity contribution in [2.24, 2.45) is 11.8 Å². The fourth-order valence-corrected chi connectivity index (χ4v) is 2.30. The van der Waals surface area contributed by atoms with E-state index in [1.54, 1.807) is 0 Å². The summed E-state index contributed by atoms with van der Waals surface area (Å²) in [7, 11) is 0. The Morgan fingerprint density at radius 2 is 1.16 bits per heavy atom. The predicted octanol–water partition coefficient (Wildman–Crippen LogP) is 5.79. The molecule has 0 bridgehead atoms. The Kier molecular flexibility index (Phi) is 14.3. The number of nitrogens with one attached hydrogen (secondary N) is 1. The zero-order valence-corrected chi connectivity index (χ0v) is 14.1. The molecule has 1 unspecified atom stereocenters. The minimum absolute atomic E-state index is 0.806. The van der Waals surface area contributed by atoms with E-state index in [2.05, 4.69) is 33.0 Å². The molecule has 0 saturated heterocycles. The molecular formula is C18H39N. The maximum Gasteiger partial charge on any atom is -0.00207 e. The van der Waals surface area contributed by atoms with Crippen LogP contribution in [0.25, 0.3) is 0 Å². The SMILES string of the molecule is CCCCCCCCCCCCNCC(C)C(C)C. The second-order valence-electron chi connectivity index (χ2n) is 6.61. The third-order valence-electron chi connectivity index (χ3n) is 4.31. The molecular weight excluding hydrogens is 230 g/mol. The summed E-state index contributed by atoms with van der Waals surface area (Å²) < 4.78 is 0. The number of rotatable bonds is 14. The normalized spacial score (nSPS) is 13.1. The van der Waals surface area contributed by atoms with Crippen LogP contribution in [0.2, 0.25) is 0 Å². The van der Waals surface area contributed by atoms with Crippen LogP contribution in [0, 0.1) is 11.8 Å². The number of unbranched alkanes of at least 4 members (excludes halogenated alkanes) is 9. The maximum absolute atomic E-state index is 3.59. The minimum Gasteiger partial charge on any atom is -0.316 e. The van der Waals surface area contributed by atoms with Gasteiger partial charge in [-0.15, -0.1) is 0 Å². The molecule has 0 aliphatic rings. The summed E-state index contributed by atoms with van der Waals surface area (Å²) in [6.45, 7) is 11.7. The summed E-state index contributed by atoms with van der Waals surface area (Å²) in [5.41, 5.74) is 0. The lowest BCUT2D eigenvalue weighted by atomic mass is 9.98. The van der Waals surface area contributed by atoms with Gasteiger partial charge >= 0.3 is 0 Å². The predicted molar refractivity (Wildman–Crippen MR) is 88.7 cm³/mol. The van der Waals surface area contributed by atoms with Crippen LogP contribution in [-0.2, 0) is 0 Å². The van der Waals surface area contributed by atoms with Crippen molar-refractivity contribution in [3.8, 4) is 0 Å². The van der Waals surface area contributed by atoms with Gasteiger partial charge in [0.15, 0.2) is 0 Å². The smallest absolute Gasteiger partial charge is 0.00207 e. The zero-order chi connectivity index (χ0) is 14.3. The molecule has 0 fully saturated rings. The van der Waals surface area contributed by atoms with Crippen LogP contribution < -0.4 is 5.32 Å². The van der Waals surface area contributed by atoms with Gasteiger partial charge < -0.3 is 5.32 Å². The van der Waals surface area contributed by atoms with Crippen LogP contribution in [0.15, 0.2) is 0 Å². The lowest BCUT2D eigenvalue weighted by Gasteiger charge is -2.15. The number of hydrogen-bond donors (Lipinski definition) is 1. The maximum atomic E-state index is 3.59. The largest absolute Gasteiger partial charge is 0.316 e. The van der Waals surface area contributed by atoms with Gasteiger partial charge in [-0.05, 0) is 31.3 Å². The van der Waals surface area contributed by atoms with Crippen molar-refractivity contribution < 1.29 is 0 Å². The first-order valence-electron chi connectivity index (χ1n) is 8.89. The van der Waals surface area contributed by atoms with Gasteiger partial charge in [0.1, 0.15) is 0 Å². The van der Waals surface area contributed by atoms with E-state index in [4.69, 9.17) is 0 Å². The molecule has 1 N–H and O–H groups in total. The van der Waals surface area contributed by atoms with Crippen molar-refractivity contribution in [2.75, 3.05) is 13.1 Å². The summed E-state index contributed by atoms with van der Waals surface area (Å²) in [6, 6.07) is 0. The highest BCUT2D eigenvalue weighted by atomic mass is 14.8. The van der Waals surface area contributed by atoms with E-state index < -0.39 is 0 Å². The summed E-state index contributed by atoms with van der Waals surface area (Å²) in [4.78, 5) is 0. The van der Waals surface area contributed by atoms with Crippen LogP contribution in [0.5, 0.6) is 0 Å². The van der Waals surface area contributed by atoms with Crippen molar-refractivity contribution in [2.45, 2.75) is 91.9 Å². The summed E-state index contributed by atoms with van der Waals surface area (Å²) in [6.07, 6.45) is 14.3. The van der Waals surface area contributed by atoms with E-state index in [-0.39, 0.29) is 0 Å². The molecule has 0 aromatic carbocycles. The van der Waals surface area contributed by atoms with Gasteiger partial charge in [-0.1, -0.05) is 85.5 Å². The molecule has 0 spiro atoms. The van der Waals surface area contributed by atoms with Gasteiger partial charge in [0.25, 0.3) is 0 Å². The highest BCUT2D eigenvalue weighted by molar-refractivity contribution is 4.60. The topological polar surface area (TPSA) is 12.0 Å². The van der Waals surface area contributed by atoms with Crippen LogP contribution in [0.3, 0.4) is 0 Å². The Bertz CT molecular complexity index is 165. The van der Waals surface area contributed by atoms with Crippen LogP contribution in [-0.4, -0.2) is 13.1 Å². The highest BCUT2D eigenvalue weighted by Gasteiger charge is 2.05. The summed E-state index contributed by atoms with van der Waals surface area (Å²) in [5, 5.41) is 3.59. The second kappa shape index (κ2) is 14.4. The fourth-order valence-electron chi connectivity index (χ4n) is 2.30. The first kappa shape index (κ1) is 19.0. The Morgan fingerprint density at radius 3 is 1.63 bits per heavy atom. The average Bonchev–Trinajstić information content (AvgIpc) is 2.39. The molecule has 1 nitrogen and oxygen atoms in total. The lowest BCUT2D eigenvalue weighted by Crippen LogP contribution is -2.25. The standard InChI is InChI=1S/C18H39N/c1-5-6-7-8-9-10-11-12-13-14-15-19-16-18(4)17(2)3/h17-19H,5-16H2,1-4H3. The van der Waals surface area contributed by atoms with Crippen molar-refractivity contribution in [1.29, 1.82) is 0 Å². The van der Waals surface area contributed by atoms with Gasteiger partial charge in [-0.25, -0.2) is 0 Å². The molecule has 0 aliphatic heterocycles. The van der Waals surface area contributed by atoms with Gasteiger partial charge in [-0.2, -0.15) is 0 Å². The van der Waals surface area contributed by atoms with Gasteiger partial charge in [0.05, 0.1) is 0 Å². The lowest BCUT2D eigenvalue weighted by molar-refractivity contribution is 0.390. The number of hydrogen-bond acceptors (Lipinski definition) is 1. The van der Waals surface area contributed by atoms with E-state index in [1.165, 1.54) is 77.3 Å². The quantitative estimate of drug-likeness (QED) is 0.394. The first-order valence-corrected chi connectivity index (χ1v) is 8.89. The molecule has 0 saturated carbocycles. The third-order valence-corrected chi connectivity index (χ3v) is 4.31. The molecule has 19 heavy (non-hydrogen) atoms. The average molecular weight is 270 g/mol. The molecule has 0 aromatic rings. The Balaban J connectivity index is 3.03. The molecule has 1 atom stereocenters. The van der Waals surface area contributed by atoms with E-state index in [0.717, 1.165) is 11.8 Å². The van der Waals surface area contributed by atoms with Gasteiger partial charge in [-0.3, -0.25) is 0 Å². The van der Waals surface area contributed by atoms with Gasteiger partial charge in [0, 0.05) is 0 Å². The molecule has 0 radical (unpaired) electrons. The van der Waals surface area contributed by atoms with E-state index >= 15 is 0 Å². The zero-order valence-electron chi connectivity index (χ0n) is 14.1. The molecule has 0 aliphatic carbocycles. The van der Waals surface area contributed by atoms with E-state index in [1.807, 2.05) is 0 Å². The molecule has 1 heteroatoms. The molecule has 0 heterocycles. The van der Waals surface area contributed by atoms with E-state index in [9.17, 15) is 0 Å². The van der Waals surface area contributed by atoms with Crippen molar-refractivity contribution in [3.05, 3.63) is 0 Å². The molecule has 0 amide bonds. The molecule has 0 rings (SSSR count). The second-order valence-corrected chi connectivity index (χ2v) is 6.61. The third kappa shape index (κ3) is 14.2. The van der Waals surface area contributed by atoms with Crippen molar-refractivity contribution >= 4 is 0 Å².